The van der Waals surface area contributed by atoms with Gasteiger partial charge in [0, 0.05) is 13.5 Å². The molecule has 1 aromatic rings. The van der Waals surface area contributed by atoms with Crippen LogP contribution in [-0.2, 0) is 9.59 Å². The molecule has 1 N–H and O–H groups in total. The maximum Gasteiger partial charge on any atom is 0.300 e. The van der Waals surface area contributed by atoms with Crippen molar-refractivity contribution in [3.63, 3.8) is 0 Å². The quantitative estimate of drug-likeness (QED) is 0.642. The highest BCUT2D eigenvalue weighted by atomic mass is 32.2. The van der Waals surface area contributed by atoms with Gasteiger partial charge in [0.1, 0.15) is 4.32 Å². The van der Waals surface area contributed by atoms with Gasteiger partial charge in [0.05, 0.1) is 4.91 Å². The van der Waals surface area contributed by atoms with Gasteiger partial charge >= 0.3 is 0 Å². The zero-order valence-electron chi connectivity index (χ0n) is 13.9. The zero-order chi connectivity index (χ0) is 18.1. The summed E-state index contributed by atoms with van der Waals surface area (Å²) in [5, 5.41) is 7.42. The highest BCUT2D eigenvalue weighted by Crippen LogP contribution is 2.31. The molecule has 2 rings (SSSR count). The van der Waals surface area contributed by atoms with Crippen LogP contribution in [0.3, 0.4) is 0 Å². The molecule has 0 saturated carbocycles. The lowest BCUT2D eigenvalue weighted by Crippen LogP contribution is -2.31. The Bertz CT molecular complexity index is 647. The topological polar surface area (TPSA) is 57.6 Å². The van der Waals surface area contributed by atoms with Gasteiger partial charge in [-0.2, -0.15) is 0 Å². The average Bonchev–Trinajstić information content (AvgIpc) is 2.75. The molecule has 0 radical (unpaired) electrons. The molecular weight excluding hydrogens is 342 g/mol. The number of carboxylic acids is 1. The average molecular weight is 364 g/mol. The van der Waals surface area contributed by atoms with Gasteiger partial charge in [-0.15, -0.1) is 0 Å². The van der Waals surface area contributed by atoms with E-state index >= 15 is 0 Å². The van der Waals surface area contributed by atoms with Gasteiger partial charge in [-0.3, -0.25) is 14.5 Å². The van der Waals surface area contributed by atoms with E-state index in [1.165, 1.54) is 11.8 Å². The van der Waals surface area contributed by atoms with E-state index in [0.717, 1.165) is 12.5 Å². The minimum Gasteiger partial charge on any atom is -0.481 e. The van der Waals surface area contributed by atoms with E-state index in [1.54, 1.807) is 4.90 Å². The lowest BCUT2D eigenvalue weighted by molar-refractivity contribution is -0.134. The van der Waals surface area contributed by atoms with Crippen molar-refractivity contribution in [1.29, 1.82) is 0 Å². The van der Waals surface area contributed by atoms with Crippen molar-refractivity contribution >= 4 is 46.3 Å². The van der Waals surface area contributed by atoms with Crippen LogP contribution in [0, 0.1) is 5.92 Å². The molecule has 0 unspecified atom stereocenters. The Kier molecular flexibility index (Phi) is 8.43. The third-order valence-corrected chi connectivity index (χ3v) is 4.15. The van der Waals surface area contributed by atoms with Crippen LogP contribution >= 0.6 is 24.0 Å². The Morgan fingerprint density at radius 2 is 1.92 bits per heavy atom. The first-order valence-electron chi connectivity index (χ1n) is 7.48. The van der Waals surface area contributed by atoms with Crippen molar-refractivity contribution in [3.8, 4) is 0 Å². The van der Waals surface area contributed by atoms with Gasteiger partial charge in [0.15, 0.2) is 0 Å². The number of benzene rings is 1. The molecule has 24 heavy (non-hydrogen) atoms. The molecule has 1 aliphatic heterocycles. The number of thiocarbonyl (C=S) groups is 1. The summed E-state index contributed by atoms with van der Waals surface area (Å²) in [4.78, 5) is 23.6. The third kappa shape index (κ3) is 7.10. The van der Waals surface area contributed by atoms with Gasteiger partial charge in [-0.25, -0.2) is 0 Å². The van der Waals surface area contributed by atoms with Crippen molar-refractivity contribution < 1.29 is 14.7 Å². The number of carbonyl (C=O) groups is 2. The number of rotatable bonds is 4. The Labute approximate surface area is 152 Å². The van der Waals surface area contributed by atoms with Crippen LogP contribution in [0.15, 0.2) is 47.4 Å². The number of aliphatic carboxylic acids is 1. The maximum absolute atomic E-state index is 12.2. The molecule has 1 amide bonds. The molecule has 0 aromatic heterocycles. The number of hydrogen-bond donors (Lipinski definition) is 1. The summed E-state index contributed by atoms with van der Waals surface area (Å²) in [6.07, 6.45) is 5.72. The van der Waals surface area contributed by atoms with Crippen LogP contribution in [0.1, 0.15) is 26.3 Å². The largest absolute Gasteiger partial charge is 0.481 e. The van der Waals surface area contributed by atoms with E-state index in [9.17, 15) is 4.79 Å². The first-order valence-corrected chi connectivity index (χ1v) is 8.70. The smallest absolute Gasteiger partial charge is 0.300 e. The van der Waals surface area contributed by atoms with Crippen molar-refractivity contribution in [1.82, 2.24) is 4.90 Å². The lowest BCUT2D eigenvalue weighted by Gasteiger charge is -2.16. The van der Waals surface area contributed by atoms with Gasteiger partial charge in [0.2, 0.25) is 0 Å². The molecule has 0 atom stereocenters. The van der Waals surface area contributed by atoms with Crippen LogP contribution < -0.4 is 0 Å². The van der Waals surface area contributed by atoms with Crippen LogP contribution in [-0.4, -0.2) is 32.7 Å². The molecule has 1 heterocycles. The summed E-state index contributed by atoms with van der Waals surface area (Å²) in [6, 6.07) is 10.0. The molecule has 1 aromatic carbocycles. The summed E-state index contributed by atoms with van der Waals surface area (Å²) in [5.41, 5.74) is 1.11. The Hall–Kier alpha value is -1.92. The van der Waals surface area contributed by atoms with E-state index in [0.29, 0.717) is 21.7 Å². The third-order valence-electron chi connectivity index (χ3n) is 2.76. The second-order valence-corrected chi connectivity index (χ2v) is 7.17. The van der Waals surface area contributed by atoms with E-state index in [1.807, 2.05) is 48.6 Å². The summed E-state index contributed by atoms with van der Waals surface area (Å²) < 4.78 is 0.656. The Morgan fingerprint density at radius 1 is 1.33 bits per heavy atom. The van der Waals surface area contributed by atoms with Gasteiger partial charge in [-0.05, 0) is 17.6 Å². The van der Waals surface area contributed by atoms with E-state index in [-0.39, 0.29) is 5.91 Å². The first kappa shape index (κ1) is 20.1. The number of carbonyl (C=O) groups excluding carboxylic acids is 1. The number of carboxylic acid groups (broad SMARTS) is 1. The Morgan fingerprint density at radius 3 is 2.46 bits per heavy atom. The molecule has 128 valence electrons. The summed E-state index contributed by atoms with van der Waals surface area (Å²) in [7, 11) is 0. The summed E-state index contributed by atoms with van der Waals surface area (Å²) >= 11 is 6.64. The number of allylic oxidation sites excluding steroid dienone is 2. The van der Waals surface area contributed by atoms with Crippen LogP contribution in [0.2, 0.25) is 0 Å². The number of hydrogen-bond acceptors (Lipinski definition) is 4. The lowest BCUT2D eigenvalue weighted by atomic mass is 10.2. The molecule has 0 bridgehead atoms. The first-order chi connectivity index (χ1) is 11.3. The SMILES string of the molecule is CC(=O)O.CC(C)CN1C(=O)/C(=C/C=C/c2ccccc2)SC1=S. The van der Waals surface area contributed by atoms with Gasteiger partial charge < -0.3 is 5.11 Å². The summed E-state index contributed by atoms with van der Waals surface area (Å²) in [5.74, 6) is -0.400. The molecule has 0 spiro atoms. The number of nitrogens with zero attached hydrogens (tertiary/aromatic N) is 1. The second kappa shape index (κ2) is 10.1. The fourth-order valence-electron chi connectivity index (χ4n) is 1.85. The minimum absolute atomic E-state index is 0.0198. The minimum atomic E-state index is -0.833. The monoisotopic (exact) mass is 363 g/mol. The predicted octanol–water partition coefficient (Wildman–Crippen LogP) is 4.19. The van der Waals surface area contributed by atoms with Crippen molar-refractivity contribution in [2.45, 2.75) is 20.8 Å². The highest BCUT2D eigenvalue weighted by Gasteiger charge is 2.31. The van der Waals surface area contributed by atoms with E-state index < -0.39 is 5.97 Å². The maximum atomic E-state index is 12.2. The molecule has 1 fully saturated rings. The van der Waals surface area contributed by atoms with Gasteiger partial charge in [-0.1, -0.05) is 80.3 Å². The van der Waals surface area contributed by atoms with Crippen LogP contribution in [0.25, 0.3) is 6.08 Å². The van der Waals surface area contributed by atoms with Crippen molar-refractivity contribution in [3.05, 3.63) is 53.0 Å². The predicted molar refractivity (Wildman–Crippen MR) is 104 cm³/mol. The normalized spacial score (nSPS) is 16.0. The van der Waals surface area contributed by atoms with Crippen LogP contribution in [0.4, 0.5) is 0 Å². The summed E-state index contributed by atoms with van der Waals surface area (Å²) in [6.45, 7) is 5.93. The van der Waals surface area contributed by atoms with E-state index in [2.05, 4.69) is 13.8 Å². The zero-order valence-corrected chi connectivity index (χ0v) is 15.6. The molecular formula is C18H21NO3S2. The number of thioether (sulfide) groups is 1. The molecule has 0 aliphatic carbocycles. The second-order valence-electron chi connectivity index (χ2n) is 5.50. The van der Waals surface area contributed by atoms with Gasteiger partial charge in [0.25, 0.3) is 11.9 Å². The molecule has 1 aliphatic rings. The van der Waals surface area contributed by atoms with Crippen molar-refractivity contribution in [2.75, 3.05) is 6.54 Å². The molecule has 6 heteroatoms. The molecule has 1 saturated heterocycles. The number of amides is 1. The fraction of sp³-hybridized carbons (Fsp3) is 0.278. The highest BCUT2D eigenvalue weighted by molar-refractivity contribution is 8.26. The molecule has 4 nitrogen and oxygen atoms in total. The standard InChI is InChI=1S/C16H17NOS2.C2H4O2/c1-12(2)11-17-15(18)14(20-16(17)19)10-6-9-13-7-4-3-5-8-13;1-2(3)4/h3-10,12H,11H2,1-2H3;1H3,(H,3,4)/b9-6+,14-10-;. The Balaban J connectivity index is 0.000000648. The fourth-order valence-corrected chi connectivity index (χ4v) is 3.07. The van der Waals surface area contributed by atoms with Crippen LogP contribution in [0.5, 0.6) is 0 Å². The van der Waals surface area contributed by atoms with Crippen molar-refractivity contribution in [2.24, 2.45) is 5.92 Å². The van der Waals surface area contributed by atoms with E-state index in [4.69, 9.17) is 22.1 Å².